The summed E-state index contributed by atoms with van der Waals surface area (Å²) in [6.07, 6.45) is 1.63. The zero-order valence-electron chi connectivity index (χ0n) is 10.8. The van der Waals surface area contributed by atoms with E-state index in [9.17, 15) is 8.42 Å². The summed E-state index contributed by atoms with van der Waals surface area (Å²) in [6, 6.07) is 5.05. The second-order valence-electron chi connectivity index (χ2n) is 4.69. The fraction of sp³-hybridized carbons (Fsp3) is 0.333. The van der Waals surface area contributed by atoms with Crippen molar-refractivity contribution in [2.45, 2.75) is 24.9 Å². The van der Waals surface area contributed by atoms with E-state index in [1.54, 1.807) is 24.5 Å². The van der Waals surface area contributed by atoms with Crippen LogP contribution in [0.1, 0.15) is 11.4 Å². The highest BCUT2D eigenvalue weighted by Crippen LogP contribution is 2.24. The number of nitrogens with zero attached hydrogens (tertiary/aromatic N) is 4. The lowest BCUT2D eigenvalue weighted by Crippen LogP contribution is -2.38. The lowest BCUT2D eigenvalue weighted by Gasteiger charge is -2.26. The molecule has 2 aromatic rings. The molecule has 8 heteroatoms. The fourth-order valence-electron chi connectivity index (χ4n) is 2.18. The Hall–Kier alpha value is -1.25. The van der Waals surface area contributed by atoms with Crippen molar-refractivity contribution in [3.63, 3.8) is 0 Å². The Balaban J connectivity index is 1.95. The Labute approximate surface area is 125 Å². The maximum absolute atomic E-state index is 12.6. The van der Waals surface area contributed by atoms with Gasteiger partial charge in [-0.3, -0.25) is 0 Å². The maximum atomic E-state index is 12.6. The monoisotopic (exact) mass is 356 g/mol. The molecule has 1 aliphatic rings. The molecule has 3 rings (SSSR count). The molecule has 1 aliphatic heterocycles. The first-order chi connectivity index (χ1) is 9.48. The van der Waals surface area contributed by atoms with Crippen molar-refractivity contribution in [2.75, 3.05) is 6.54 Å². The van der Waals surface area contributed by atoms with Gasteiger partial charge < -0.3 is 4.57 Å². The van der Waals surface area contributed by atoms with E-state index >= 15 is 0 Å². The number of hydrogen-bond acceptors (Lipinski definition) is 4. The van der Waals surface area contributed by atoms with Crippen LogP contribution in [0, 0.1) is 6.92 Å². The van der Waals surface area contributed by atoms with Gasteiger partial charge in [0.25, 0.3) is 0 Å². The minimum Gasteiger partial charge on any atom is -0.315 e. The lowest BCUT2D eigenvalue weighted by molar-refractivity contribution is 0.335. The van der Waals surface area contributed by atoms with Crippen molar-refractivity contribution in [3.05, 3.63) is 40.4 Å². The summed E-state index contributed by atoms with van der Waals surface area (Å²) in [5, 5.41) is 7.75. The van der Waals surface area contributed by atoms with E-state index in [2.05, 4.69) is 26.1 Å². The molecule has 0 bridgehead atoms. The summed E-state index contributed by atoms with van der Waals surface area (Å²) in [4.78, 5) is 0.311. The molecule has 0 N–H and O–H groups in total. The predicted molar refractivity (Wildman–Crippen MR) is 76.5 cm³/mol. The van der Waals surface area contributed by atoms with Crippen LogP contribution in [-0.4, -0.2) is 34.0 Å². The smallest absolute Gasteiger partial charge is 0.243 e. The van der Waals surface area contributed by atoms with E-state index in [-0.39, 0.29) is 6.54 Å². The van der Waals surface area contributed by atoms with Crippen LogP contribution in [0.2, 0.25) is 0 Å². The lowest BCUT2D eigenvalue weighted by atomic mass is 10.2. The van der Waals surface area contributed by atoms with Crippen LogP contribution in [-0.2, 0) is 23.1 Å². The van der Waals surface area contributed by atoms with E-state index < -0.39 is 10.0 Å². The number of fused-ring (bicyclic) bond motifs is 1. The van der Waals surface area contributed by atoms with Crippen LogP contribution in [0.25, 0.3) is 0 Å². The highest BCUT2D eigenvalue weighted by molar-refractivity contribution is 9.10. The third-order valence-electron chi connectivity index (χ3n) is 3.37. The first-order valence-electron chi connectivity index (χ1n) is 6.11. The first-order valence-corrected chi connectivity index (χ1v) is 8.35. The van der Waals surface area contributed by atoms with Crippen molar-refractivity contribution in [3.8, 4) is 0 Å². The molecule has 106 valence electrons. The molecule has 0 radical (unpaired) electrons. The van der Waals surface area contributed by atoms with E-state index in [1.807, 2.05) is 11.5 Å². The zero-order chi connectivity index (χ0) is 14.3. The maximum Gasteiger partial charge on any atom is 0.243 e. The largest absolute Gasteiger partial charge is 0.315 e. The van der Waals surface area contributed by atoms with Gasteiger partial charge in [0.15, 0.2) is 0 Å². The van der Waals surface area contributed by atoms with Crippen molar-refractivity contribution in [1.82, 2.24) is 19.1 Å². The Kier molecular flexibility index (Phi) is 3.39. The molecule has 20 heavy (non-hydrogen) atoms. The highest BCUT2D eigenvalue weighted by atomic mass is 79.9. The van der Waals surface area contributed by atoms with Crippen molar-refractivity contribution in [1.29, 1.82) is 0 Å². The minimum atomic E-state index is -3.49. The number of rotatable bonds is 2. The number of hydrogen-bond donors (Lipinski definition) is 0. The normalized spacial score (nSPS) is 16.1. The quantitative estimate of drug-likeness (QED) is 0.818. The van der Waals surface area contributed by atoms with Gasteiger partial charge in [-0.25, -0.2) is 8.42 Å². The van der Waals surface area contributed by atoms with E-state index in [1.165, 1.54) is 4.31 Å². The van der Waals surface area contributed by atoms with Crippen LogP contribution in [0.4, 0.5) is 0 Å². The summed E-state index contributed by atoms with van der Waals surface area (Å²) >= 11 is 3.38. The molecule has 0 spiro atoms. The number of sulfonamides is 1. The van der Waals surface area contributed by atoms with Gasteiger partial charge in [0.1, 0.15) is 12.2 Å². The number of aryl methyl sites for hydroxylation is 1. The van der Waals surface area contributed by atoms with Gasteiger partial charge in [-0.1, -0.05) is 15.9 Å². The highest BCUT2D eigenvalue weighted by Gasteiger charge is 2.29. The molecular weight excluding hydrogens is 344 g/mol. The summed E-state index contributed by atoms with van der Waals surface area (Å²) in [7, 11) is -3.49. The van der Waals surface area contributed by atoms with Crippen LogP contribution < -0.4 is 0 Å². The standard InChI is InChI=1S/C12H13BrN4O2S/c1-9-6-10(2-3-11(9)13)20(18,19)17-5-4-16-8-14-15-12(16)7-17/h2-3,6,8H,4-5,7H2,1H3. The number of benzene rings is 1. The molecular formula is C12H13BrN4O2S. The molecule has 0 fully saturated rings. The number of halogens is 1. The zero-order valence-corrected chi connectivity index (χ0v) is 13.2. The average molecular weight is 357 g/mol. The summed E-state index contributed by atoms with van der Waals surface area (Å²) in [6.45, 7) is 3.15. The van der Waals surface area contributed by atoms with Gasteiger partial charge in [0, 0.05) is 17.6 Å². The molecule has 0 aliphatic carbocycles. The van der Waals surface area contributed by atoms with Crippen molar-refractivity contribution in [2.24, 2.45) is 0 Å². The predicted octanol–water partition coefficient (Wildman–Crippen LogP) is 1.55. The van der Waals surface area contributed by atoms with Gasteiger partial charge in [0.05, 0.1) is 11.4 Å². The van der Waals surface area contributed by atoms with Gasteiger partial charge in [-0.15, -0.1) is 10.2 Å². The first kappa shape index (κ1) is 13.7. The number of aromatic nitrogens is 3. The Morgan fingerprint density at radius 2 is 2.10 bits per heavy atom. The SMILES string of the molecule is Cc1cc(S(=O)(=O)N2CCn3cnnc3C2)ccc1Br. The average Bonchev–Trinajstić information content (AvgIpc) is 2.89. The summed E-state index contributed by atoms with van der Waals surface area (Å²) in [5.41, 5.74) is 0.895. The van der Waals surface area contributed by atoms with E-state index in [0.717, 1.165) is 10.0 Å². The van der Waals surface area contributed by atoms with E-state index in [4.69, 9.17) is 0 Å². The van der Waals surface area contributed by atoms with Gasteiger partial charge >= 0.3 is 0 Å². The topological polar surface area (TPSA) is 68.1 Å². The summed E-state index contributed by atoms with van der Waals surface area (Å²) in [5.74, 6) is 0.675. The third kappa shape index (κ3) is 2.27. The molecule has 0 saturated carbocycles. The minimum absolute atomic E-state index is 0.261. The Bertz CT molecular complexity index is 757. The molecule has 6 nitrogen and oxygen atoms in total. The molecule has 0 amide bonds. The van der Waals surface area contributed by atoms with Crippen molar-refractivity contribution < 1.29 is 8.42 Å². The van der Waals surface area contributed by atoms with Crippen LogP contribution in [0.3, 0.4) is 0 Å². The van der Waals surface area contributed by atoms with Crippen molar-refractivity contribution >= 4 is 26.0 Å². The molecule has 1 aromatic carbocycles. The van der Waals surface area contributed by atoms with Crippen LogP contribution in [0.15, 0.2) is 33.9 Å². The van der Waals surface area contributed by atoms with Gasteiger partial charge in [0.2, 0.25) is 10.0 Å². The second-order valence-corrected chi connectivity index (χ2v) is 7.48. The van der Waals surface area contributed by atoms with Crippen LogP contribution >= 0.6 is 15.9 Å². The molecule has 0 saturated heterocycles. The fourth-order valence-corrected chi connectivity index (χ4v) is 3.89. The second kappa shape index (κ2) is 4.94. The van der Waals surface area contributed by atoms with Crippen LogP contribution in [0.5, 0.6) is 0 Å². The molecule has 0 atom stereocenters. The van der Waals surface area contributed by atoms with Gasteiger partial charge in [-0.05, 0) is 30.7 Å². The molecule has 0 unspecified atom stereocenters. The Morgan fingerprint density at radius 3 is 2.85 bits per heavy atom. The third-order valence-corrected chi connectivity index (χ3v) is 6.10. The van der Waals surface area contributed by atoms with Gasteiger partial charge in [-0.2, -0.15) is 4.31 Å². The summed E-state index contributed by atoms with van der Waals surface area (Å²) < 4.78 is 29.5. The molecule has 2 heterocycles. The Morgan fingerprint density at radius 1 is 1.30 bits per heavy atom. The van der Waals surface area contributed by atoms with E-state index in [0.29, 0.717) is 23.8 Å². The molecule has 1 aromatic heterocycles.